The number of carbonyl (C=O) groups excluding carboxylic acids is 1. The molecule has 0 aromatic rings. The molecule has 1 amide bonds. The molecule has 0 heterocycles. The number of carbonyl (C=O) groups is 1. The van der Waals surface area contributed by atoms with Crippen LogP contribution in [0.5, 0.6) is 0 Å². The molecule has 4 heteroatoms. The van der Waals surface area contributed by atoms with Crippen molar-refractivity contribution in [2.24, 2.45) is 11.7 Å². The zero-order valence-corrected chi connectivity index (χ0v) is 9.00. The smallest absolute Gasteiger partial charge is 0.231 e. The van der Waals surface area contributed by atoms with Crippen molar-refractivity contribution in [3.63, 3.8) is 0 Å². The highest BCUT2D eigenvalue weighted by atomic mass is 16.1. The Morgan fingerprint density at radius 3 is 2.31 bits per heavy atom. The summed E-state index contributed by atoms with van der Waals surface area (Å²) < 4.78 is 0. The van der Waals surface area contributed by atoms with E-state index in [1.54, 1.807) is 0 Å². The van der Waals surface area contributed by atoms with Crippen molar-refractivity contribution < 1.29 is 4.79 Å². The summed E-state index contributed by atoms with van der Waals surface area (Å²) in [5.74, 6) is 0.200. The third-order valence-electron chi connectivity index (χ3n) is 1.91. The summed E-state index contributed by atoms with van der Waals surface area (Å²) in [5.41, 5.74) is 5.06. The zero-order chi connectivity index (χ0) is 10.4. The molecule has 0 bridgehead atoms. The second-order valence-corrected chi connectivity index (χ2v) is 3.96. The average Bonchev–Trinajstić information content (AvgIpc) is 1.96. The number of nitrogens with two attached hydrogens (primary N) is 1. The Bertz CT molecular complexity index is 157. The second kappa shape index (κ2) is 5.94. The van der Waals surface area contributed by atoms with Gasteiger partial charge in [-0.1, -0.05) is 13.8 Å². The van der Waals surface area contributed by atoms with Gasteiger partial charge in [0.15, 0.2) is 0 Å². The first-order chi connectivity index (χ1) is 5.93. The van der Waals surface area contributed by atoms with Gasteiger partial charge < -0.3 is 16.0 Å². The van der Waals surface area contributed by atoms with E-state index >= 15 is 0 Å². The van der Waals surface area contributed by atoms with Gasteiger partial charge in [0.2, 0.25) is 5.91 Å². The van der Waals surface area contributed by atoms with E-state index in [1.165, 1.54) is 0 Å². The zero-order valence-electron chi connectivity index (χ0n) is 9.00. The molecular formula is C9H21N3O. The molecule has 0 radical (unpaired) electrons. The number of hydrogen-bond acceptors (Lipinski definition) is 3. The van der Waals surface area contributed by atoms with Crippen LogP contribution in [0.2, 0.25) is 0 Å². The predicted octanol–water partition coefficient (Wildman–Crippen LogP) is -0.352. The first-order valence-corrected chi connectivity index (χ1v) is 4.60. The normalized spacial score (nSPS) is 13.7. The van der Waals surface area contributed by atoms with Gasteiger partial charge in [-0.2, -0.15) is 0 Å². The van der Waals surface area contributed by atoms with E-state index in [0.717, 1.165) is 6.54 Å². The van der Waals surface area contributed by atoms with Crippen LogP contribution >= 0.6 is 0 Å². The van der Waals surface area contributed by atoms with Crippen molar-refractivity contribution in [3.8, 4) is 0 Å². The minimum atomic E-state index is -0.301. The van der Waals surface area contributed by atoms with Crippen molar-refractivity contribution in [2.75, 3.05) is 27.2 Å². The van der Waals surface area contributed by atoms with Gasteiger partial charge in [-0.05, 0) is 20.0 Å². The Morgan fingerprint density at radius 1 is 1.46 bits per heavy atom. The molecular weight excluding hydrogens is 166 g/mol. The summed E-state index contributed by atoms with van der Waals surface area (Å²) in [6.07, 6.45) is 0. The molecule has 78 valence electrons. The number of nitrogens with one attached hydrogen (secondary N) is 1. The highest BCUT2D eigenvalue weighted by Crippen LogP contribution is 2.01. The number of amides is 1. The third-order valence-corrected chi connectivity index (χ3v) is 1.91. The molecule has 0 fully saturated rings. The monoisotopic (exact) mass is 187 g/mol. The molecule has 0 aliphatic carbocycles. The van der Waals surface area contributed by atoms with E-state index in [1.807, 2.05) is 14.1 Å². The van der Waals surface area contributed by atoms with E-state index in [-0.39, 0.29) is 12.5 Å². The minimum absolute atomic E-state index is 0.261. The van der Waals surface area contributed by atoms with Crippen molar-refractivity contribution in [1.29, 1.82) is 0 Å². The summed E-state index contributed by atoms with van der Waals surface area (Å²) in [5, 5.41) is 3.13. The fraction of sp³-hybridized carbons (Fsp3) is 0.889. The number of rotatable bonds is 6. The first kappa shape index (κ1) is 12.4. The second-order valence-electron chi connectivity index (χ2n) is 3.96. The number of primary amides is 1. The first-order valence-electron chi connectivity index (χ1n) is 4.60. The molecule has 4 nitrogen and oxygen atoms in total. The SMILES string of the molecule is CC(C)C(CN(C)C)NCC(N)=O. The van der Waals surface area contributed by atoms with Gasteiger partial charge in [-0.3, -0.25) is 4.79 Å². The fourth-order valence-corrected chi connectivity index (χ4v) is 1.14. The van der Waals surface area contributed by atoms with Crippen LogP contribution in [-0.4, -0.2) is 44.0 Å². The molecule has 0 aliphatic rings. The van der Waals surface area contributed by atoms with E-state index in [4.69, 9.17) is 5.73 Å². The summed E-state index contributed by atoms with van der Waals surface area (Å²) in [6, 6.07) is 0.322. The molecule has 0 saturated carbocycles. The molecule has 13 heavy (non-hydrogen) atoms. The molecule has 0 aromatic carbocycles. The third kappa shape index (κ3) is 6.54. The molecule has 0 rings (SSSR count). The molecule has 1 unspecified atom stereocenters. The lowest BCUT2D eigenvalue weighted by atomic mass is 10.0. The van der Waals surface area contributed by atoms with E-state index in [0.29, 0.717) is 12.0 Å². The maximum Gasteiger partial charge on any atom is 0.231 e. The highest BCUT2D eigenvalue weighted by molar-refractivity contribution is 5.75. The Kier molecular flexibility index (Phi) is 5.66. The van der Waals surface area contributed by atoms with Gasteiger partial charge in [0, 0.05) is 12.6 Å². The molecule has 3 N–H and O–H groups in total. The van der Waals surface area contributed by atoms with E-state index in [2.05, 4.69) is 24.1 Å². The van der Waals surface area contributed by atoms with Crippen molar-refractivity contribution in [2.45, 2.75) is 19.9 Å². The summed E-state index contributed by atoms with van der Waals surface area (Å²) in [6.45, 7) is 5.44. The number of hydrogen-bond donors (Lipinski definition) is 2. The molecule has 0 aromatic heterocycles. The van der Waals surface area contributed by atoms with Crippen molar-refractivity contribution in [1.82, 2.24) is 10.2 Å². The van der Waals surface area contributed by atoms with Gasteiger partial charge in [-0.15, -0.1) is 0 Å². The fourth-order valence-electron chi connectivity index (χ4n) is 1.14. The van der Waals surface area contributed by atoms with Gasteiger partial charge in [0.05, 0.1) is 6.54 Å². The van der Waals surface area contributed by atoms with Gasteiger partial charge >= 0.3 is 0 Å². The molecule has 0 spiro atoms. The Balaban J connectivity index is 3.87. The van der Waals surface area contributed by atoms with E-state index in [9.17, 15) is 4.79 Å². The van der Waals surface area contributed by atoms with Crippen LogP contribution in [-0.2, 0) is 4.79 Å². The minimum Gasteiger partial charge on any atom is -0.369 e. The lowest BCUT2D eigenvalue weighted by Crippen LogP contribution is -2.45. The lowest BCUT2D eigenvalue weighted by molar-refractivity contribution is -0.117. The van der Waals surface area contributed by atoms with Crippen molar-refractivity contribution in [3.05, 3.63) is 0 Å². The largest absolute Gasteiger partial charge is 0.369 e. The topological polar surface area (TPSA) is 58.4 Å². The van der Waals surface area contributed by atoms with Gasteiger partial charge in [0.25, 0.3) is 0 Å². The van der Waals surface area contributed by atoms with Gasteiger partial charge in [0.1, 0.15) is 0 Å². The summed E-state index contributed by atoms with van der Waals surface area (Å²) in [7, 11) is 4.03. The van der Waals surface area contributed by atoms with Gasteiger partial charge in [-0.25, -0.2) is 0 Å². The van der Waals surface area contributed by atoms with Crippen LogP contribution < -0.4 is 11.1 Å². The maximum absolute atomic E-state index is 10.6. The van der Waals surface area contributed by atoms with Crippen LogP contribution in [0.4, 0.5) is 0 Å². The van der Waals surface area contributed by atoms with Crippen LogP contribution in [0, 0.1) is 5.92 Å². The molecule has 0 aliphatic heterocycles. The van der Waals surface area contributed by atoms with Crippen LogP contribution in [0.15, 0.2) is 0 Å². The number of nitrogens with zero attached hydrogens (tertiary/aromatic N) is 1. The Labute approximate surface area is 80.5 Å². The lowest BCUT2D eigenvalue weighted by Gasteiger charge is -2.25. The summed E-state index contributed by atoms with van der Waals surface area (Å²) in [4.78, 5) is 12.7. The highest BCUT2D eigenvalue weighted by Gasteiger charge is 2.13. The Morgan fingerprint density at radius 2 is 2.00 bits per heavy atom. The molecule has 0 saturated heterocycles. The molecule has 1 atom stereocenters. The Hall–Kier alpha value is -0.610. The van der Waals surface area contributed by atoms with Crippen LogP contribution in [0.25, 0.3) is 0 Å². The standard InChI is InChI=1S/C9H21N3O/c1-7(2)8(6-12(3)4)11-5-9(10)13/h7-8,11H,5-6H2,1-4H3,(H2,10,13). The maximum atomic E-state index is 10.6. The number of likely N-dealkylation sites (N-methyl/N-ethyl adjacent to an activating group) is 1. The van der Waals surface area contributed by atoms with Crippen molar-refractivity contribution >= 4 is 5.91 Å². The van der Waals surface area contributed by atoms with Crippen LogP contribution in [0.1, 0.15) is 13.8 Å². The summed E-state index contributed by atoms with van der Waals surface area (Å²) >= 11 is 0. The van der Waals surface area contributed by atoms with E-state index < -0.39 is 0 Å². The van der Waals surface area contributed by atoms with Crippen LogP contribution in [0.3, 0.4) is 0 Å². The quantitative estimate of drug-likeness (QED) is 0.597. The average molecular weight is 187 g/mol. The predicted molar refractivity (Wildman–Crippen MR) is 54.4 cm³/mol.